The first-order valence-electron chi connectivity index (χ1n) is 9.24. The number of nitrogens with one attached hydrogen (secondary N) is 1. The molecule has 3 aliphatic heterocycles. The van der Waals surface area contributed by atoms with Crippen LogP contribution in [0, 0.1) is 0 Å². The molecule has 0 aliphatic carbocycles. The predicted octanol–water partition coefficient (Wildman–Crippen LogP) is 1.95. The number of fused-ring (bicyclic) bond motifs is 2. The molecule has 0 saturated carbocycles. The number of benzene rings is 1. The quantitative estimate of drug-likeness (QED) is 0.902. The lowest BCUT2D eigenvalue weighted by molar-refractivity contribution is -0.00174. The Morgan fingerprint density at radius 3 is 2.96 bits per heavy atom. The van der Waals surface area contributed by atoms with Crippen molar-refractivity contribution in [1.29, 1.82) is 0 Å². The Hall–Kier alpha value is -2.09. The predicted molar refractivity (Wildman–Crippen MR) is 94.2 cm³/mol. The maximum atomic E-state index is 6.00. The van der Waals surface area contributed by atoms with Gasteiger partial charge in [-0.3, -0.25) is 0 Å². The fourth-order valence-corrected chi connectivity index (χ4v) is 3.79. The van der Waals surface area contributed by atoms with E-state index in [1.165, 1.54) is 0 Å². The van der Waals surface area contributed by atoms with Gasteiger partial charge in [0.05, 0.1) is 24.5 Å². The highest BCUT2D eigenvalue weighted by Crippen LogP contribution is 2.36. The number of ether oxygens (including phenoxy) is 4. The van der Waals surface area contributed by atoms with Crippen molar-refractivity contribution in [2.45, 2.75) is 38.1 Å². The van der Waals surface area contributed by atoms with Gasteiger partial charge in [-0.25, -0.2) is 4.98 Å². The van der Waals surface area contributed by atoms with Gasteiger partial charge in [0.25, 0.3) is 0 Å². The van der Waals surface area contributed by atoms with Gasteiger partial charge < -0.3 is 28.8 Å². The van der Waals surface area contributed by atoms with Crippen molar-refractivity contribution in [3.63, 3.8) is 0 Å². The minimum absolute atomic E-state index is 0.146. The maximum Gasteiger partial charge on any atom is 0.231 e. The van der Waals surface area contributed by atoms with E-state index in [1.807, 2.05) is 18.3 Å². The Morgan fingerprint density at radius 1 is 1.15 bits per heavy atom. The van der Waals surface area contributed by atoms with Crippen molar-refractivity contribution in [3.05, 3.63) is 30.2 Å². The lowest BCUT2D eigenvalue weighted by atomic mass is 10.1. The van der Waals surface area contributed by atoms with Gasteiger partial charge in [-0.1, -0.05) is 0 Å². The molecule has 7 nitrogen and oxygen atoms in total. The van der Waals surface area contributed by atoms with Crippen LogP contribution in [0.15, 0.2) is 24.4 Å². The Balaban J connectivity index is 1.30. The Labute approximate surface area is 152 Å². The van der Waals surface area contributed by atoms with Crippen LogP contribution in [-0.4, -0.2) is 48.2 Å². The summed E-state index contributed by atoms with van der Waals surface area (Å²) in [5.41, 5.74) is 2.18. The van der Waals surface area contributed by atoms with Gasteiger partial charge in [0.2, 0.25) is 6.79 Å². The standard InChI is InChI=1S/C19H23N3O4/c1-2-17-18(26-12-25-17)7-13(1)16-9-21-19-11-24-15(10-22(16)19)8-20-14-3-5-23-6-4-14/h1-2,7,9,14-15,20H,3-6,8,10-12H2. The molecule has 7 heteroatoms. The average Bonchev–Trinajstić information content (AvgIpc) is 3.33. The van der Waals surface area contributed by atoms with Crippen LogP contribution in [0.4, 0.5) is 0 Å². The summed E-state index contributed by atoms with van der Waals surface area (Å²) in [6, 6.07) is 6.57. The van der Waals surface area contributed by atoms with Crippen molar-refractivity contribution in [3.8, 4) is 22.8 Å². The van der Waals surface area contributed by atoms with Gasteiger partial charge in [-0.05, 0) is 31.0 Å². The second kappa shape index (κ2) is 6.90. The third kappa shape index (κ3) is 3.06. The van der Waals surface area contributed by atoms with E-state index in [0.29, 0.717) is 12.6 Å². The molecule has 1 aromatic heterocycles. The number of hydrogen-bond donors (Lipinski definition) is 1. The minimum Gasteiger partial charge on any atom is -0.454 e. The molecule has 0 spiro atoms. The highest BCUT2D eigenvalue weighted by atomic mass is 16.7. The Bertz CT molecular complexity index is 785. The molecule has 1 fully saturated rings. The largest absolute Gasteiger partial charge is 0.454 e. The summed E-state index contributed by atoms with van der Waals surface area (Å²) in [6.07, 6.45) is 4.22. The molecular formula is C19H23N3O4. The molecule has 26 heavy (non-hydrogen) atoms. The molecule has 1 atom stereocenters. The van der Waals surface area contributed by atoms with Crippen LogP contribution in [-0.2, 0) is 22.6 Å². The van der Waals surface area contributed by atoms with E-state index in [4.69, 9.17) is 18.9 Å². The lowest BCUT2D eigenvalue weighted by Gasteiger charge is -2.29. The number of hydrogen-bond acceptors (Lipinski definition) is 6. The summed E-state index contributed by atoms with van der Waals surface area (Å²) >= 11 is 0. The van der Waals surface area contributed by atoms with E-state index in [1.54, 1.807) is 0 Å². The van der Waals surface area contributed by atoms with E-state index in [9.17, 15) is 0 Å². The van der Waals surface area contributed by atoms with Crippen LogP contribution < -0.4 is 14.8 Å². The van der Waals surface area contributed by atoms with E-state index >= 15 is 0 Å². The van der Waals surface area contributed by atoms with E-state index in [-0.39, 0.29) is 12.9 Å². The molecule has 1 saturated heterocycles. The molecule has 2 aromatic rings. The summed E-state index contributed by atoms with van der Waals surface area (Å²) < 4.78 is 24.6. The first-order valence-corrected chi connectivity index (χ1v) is 9.24. The summed E-state index contributed by atoms with van der Waals surface area (Å²) in [7, 11) is 0. The van der Waals surface area contributed by atoms with Gasteiger partial charge in [0.15, 0.2) is 11.5 Å². The third-order valence-corrected chi connectivity index (χ3v) is 5.30. The van der Waals surface area contributed by atoms with Crippen molar-refractivity contribution in [2.75, 3.05) is 26.6 Å². The van der Waals surface area contributed by atoms with Gasteiger partial charge in [-0.15, -0.1) is 0 Å². The van der Waals surface area contributed by atoms with Crippen LogP contribution in [0.1, 0.15) is 18.7 Å². The van der Waals surface area contributed by atoms with Gasteiger partial charge in [0, 0.05) is 31.4 Å². The molecular weight excluding hydrogens is 334 g/mol. The molecule has 1 unspecified atom stereocenters. The lowest BCUT2D eigenvalue weighted by Crippen LogP contribution is -2.42. The molecule has 0 amide bonds. The molecule has 0 bridgehead atoms. The first-order chi connectivity index (χ1) is 12.9. The fourth-order valence-electron chi connectivity index (χ4n) is 3.79. The molecule has 0 radical (unpaired) electrons. The van der Waals surface area contributed by atoms with Gasteiger partial charge in [0.1, 0.15) is 12.4 Å². The highest BCUT2D eigenvalue weighted by Gasteiger charge is 2.25. The Morgan fingerprint density at radius 2 is 2.04 bits per heavy atom. The third-order valence-electron chi connectivity index (χ3n) is 5.30. The minimum atomic E-state index is 0.146. The van der Waals surface area contributed by atoms with Crippen LogP contribution in [0.3, 0.4) is 0 Å². The summed E-state index contributed by atoms with van der Waals surface area (Å²) in [4.78, 5) is 4.54. The zero-order valence-electron chi connectivity index (χ0n) is 14.6. The molecule has 4 heterocycles. The van der Waals surface area contributed by atoms with E-state index in [0.717, 1.165) is 67.7 Å². The fraction of sp³-hybridized carbons (Fsp3) is 0.526. The Kier molecular flexibility index (Phi) is 4.28. The second-order valence-corrected chi connectivity index (χ2v) is 6.97. The molecule has 138 valence electrons. The van der Waals surface area contributed by atoms with E-state index in [2.05, 4.69) is 20.9 Å². The molecule has 5 rings (SSSR count). The number of aromatic nitrogens is 2. The number of nitrogens with zero attached hydrogens (tertiary/aromatic N) is 2. The van der Waals surface area contributed by atoms with Crippen LogP contribution >= 0.6 is 0 Å². The van der Waals surface area contributed by atoms with Gasteiger partial charge in [-0.2, -0.15) is 0 Å². The van der Waals surface area contributed by atoms with Crippen LogP contribution in [0.5, 0.6) is 11.5 Å². The van der Waals surface area contributed by atoms with Crippen molar-refractivity contribution in [1.82, 2.24) is 14.9 Å². The maximum absolute atomic E-state index is 6.00. The molecule has 1 aromatic carbocycles. The van der Waals surface area contributed by atoms with Crippen LogP contribution in [0.2, 0.25) is 0 Å². The SMILES string of the molecule is c1cc2c(cc1-c1cnc3n1CC(CNC1CCOCC1)OC3)OCO2. The monoisotopic (exact) mass is 357 g/mol. The topological polar surface area (TPSA) is 66.8 Å². The van der Waals surface area contributed by atoms with Crippen molar-refractivity contribution >= 4 is 0 Å². The zero-order valence-corrected chi connectivity index (χ0v) is 14.6. The van der Waals surface area contributed by atoms with E-state index < -0.39 is 0 Å². The number of rotatable bonds is 4. The molecule has 3 aliphatic rings. The van der Waals surface area contributed by atoms with Gasteiger partial charge >= 0.3 is 0 Å². The summed E-state index contributed by atoms with van der Waals surface area (Å²) in [6.45, 7) is 4.19. The van der Waals surface area contributed by atoms with Crippen molar-refractivity contribution < 1.29 is 18.9 Å². The smallest absolute Gasteiger partial charge is 0.231 e. The number of imidazole rings is 1. The van der Waals surface area contributed by atoms with Crippen LogP contribution in [0.25, 0.3) is 11.3 Å². The second-order valence-electron chi connectivity index (χ2n) is 6.97. The summed E-state index contributed by atoms with van der Waals surface area (Å²) in [5, 5.41) is 3.63. The summed E-state index contributed by atoms with van der Waals surface area (Å²) in [5.74, 6) is 2.57. The normalized spacial score (nSPS) is 22.4. The molecule has 1 N–H and O–H groups in total. The highest BCUT2D eigenvalue weighted by molar-refractivity contribution is 5.64. The zero-order chi connectivity index (χ0) is 17.3. The first kappa shape index (κ1) is 16.1. The average molecular weight is 357 g/mol. The van der Waals surface area contributed by atoms with Crippen molar-refractivity contribution in [2.24, 2.45) is 0 Å².